The summed E-state index contributed by atoms with van der Waals surface area (Å²) in [5, 5.41) is 3.28. The third-order valence-corrected chi connectivity index (χ3v) is 3.60. The Morgan fingerprint density at radius 1 is 1.26 bits per heavy atom. The number of fused-ring (bicyclic) bond motifs is 1. The monoisotopic (exact) mass is 263 g/mol. The molecular weight excluding hydrogens is 248 g/mol. The summed E-state index contributed by atoms with van der Waals surface area (Å²) >= 11 is 0. The van der Waals surface area contributed by atoms with Crippen LogP contribution in [-0.2, 0) is 13.0 Å². The molecule has 1 unspecified atom stereocenters. The van der Waals surface area contributed by atoms with Gasteiger partial charge in [-0.1, -0.05) is 0 Å². The highest BCUT2D eigenvalue weighted by molar-refractivity contribution is 5.25. The van der Waals surface area contributed by atoms with E-state index in [0.29, 0.717) is 12.1 Å². The van der Waals surface area contributed by atoms with E-state index >= 15 is 0 Å². The van der Waals surface area contributed by atoms with E-state index in [1.54, 1.807) is 6.26 Å². The number of aryl methyl sites for hydroxylation is 1. The van der Waals surface area contributed by atoms with Gasteiger partial charge in [-0.25, -0.2) is 8.78 Å². The zero-order chi connectivity index (χ0) is 13.2. The van der Waals surface area contributed by atoms with Crippen molar-refractivity contribution >= 4 is 0 Å². The van der Waals surface area contributed by atoms with E-state index in [0.717, 1.165) is 42.7 Å². The Labute approximate surface area is 110 Å². The topological polar surface area (TPSA) is 25.2 Å². The average molecular weight is 263 g/mol. The van der Waals surface area contributed by atoms with Gasteiger partial charge in [0, 0.05) is 30.1 Å². The highest BCUT2D eigenvalue weighted by Gasteiger charge is 2.22. The minimum absolute atomic E-state index is 0.158. The molecule has 1 aliphatic carbocycles. The summed E-state index contributed by atoms with van der Waals surface area (Å²) in [4.78, 5) is 0. The number of hydrogen-bond donors (Lipinski definition) is 1. The van der Waals surface area contributed by atoms with Crippen LogP contribution in [0.15, 0.2) is 34.9 Å². The molecule has 0 bridgehead atoms. The number of hydrogen-bond acceptors (Lipinski definition) is 2. The van der Waals surface area contributed by atoms with Gasteiger partial charge in [0.15, 0.2) is 0 Å². The Hall–Kier alpha value is -1.68. The van der Waals surface area contributed by atoms with Gasteiger partial charge >= 0.3 is 0 Å². The molecule has 2 nitrogen and oxygen atoms in total. The molecular formula is C15H15F2NO. The van der Waals surface area contributed by atoms with Crippen LogP contribution in [0.3, 0.4) is 0 Å². The quantitative estimate of drug-likeness (QED) is 0.912. The molecule has 0 saturated heterocycles. The third-order valence-electron chi connectivity index (χ3n) is 3.60. The molecule has 1 aromatic carbocycles. The second-order valence-electron chi connectivity index (χ2n) is 4.86. The number of halogens is 2. The van der Waals surface area contributed by atoms with E-state index in [1.807, 2.05) is 6.07 Å². The second kappa shape index (κ2) is 5.13. The molecule has 1 N–H and O–H groups in total. The summed E-state index contributed by atoms with van der Waals surface area (Å²) in [6, 6.07) is 5.64. The number of benzene rings is 1. The highest BCUT2D eigenvalue weighted by Crippen LogP contribution is 2.30. The van der Waals surface area contributed by atoms with Gasteiger partial charge in [0.2, 0.25) is 0 Å². The van der Waals surface area contributed by atoms with Crippen LogP contribution in [0.25, 0.3) is 0 Å². The van der Waals surface area contributed by atoms with Gasteiger partial charge in [-0.2, -0.15) is 0 Å². The van der Waals surface area contributed by atoms with Crippen molar-refractivity contribution < 1.29 is 13.2 Å². The summed E-state index contributed by atoms with van der Waals surface area (Å²) in [6.07, 6.45) is 4.68. The van der Waals surface area contributed by atoms with Crippen LogP contribution in [-0.4, -0.2) is 0 Å². The minimum atomic E-state index is -0.411. The molecule has 2 aromatic rings. The van der Waals surface area contributed by atoms with Crippen molar-refractivity contribution in [2.75, 3.05) is 0 Å². The first kappa shape index (κ1) is 12.4. The largest absolute Gasteiger partial charge is 0.469 e. The molecule has 4 heteroatoms. The smallest absolute Gasteiger partial charge is 0.127 e. The number of rotatable bonds is 3. The van der Waals surface area contributed by atoms with E-state index in [4.69, 9.17) is 4.42 Å². The van der Waals surface area contributed by atoms with Crippen LogP contribution in [0.5, 0.6) is 0 Å². The molecule has 0 aliphatic heterocycles. The van der Waals surface area contributed by atoms with Gasteiger partial charge in [0.25, 0.3) is 0 Å². The van der Waals surface area contributed by atoms with Gasteiger partial charge in [-0.05, 0) is 37.1 Å². The van der Waals surface area contributed by atoms with Gasteiger partial charge < -0.3 is 9.73 Å². The normalized spacial score (nSPS) is 18.3. The molecule has 0 spiro atoms. The predicted molar refractivity (Wildman–Crippen MR) is 67.6 cm³/mol. The number of furan rings is 1. The van der Waals surface area contributed by atoms with Crippen molar-refractivity contribution in [3.63, 3.8) is 0 Å². The molecule has 1 aromatic heterocycles. The fraction of sp³-hybridized carbons (Fsp3) is 0.333. The first-order valence-corrected chi connectivity index (χ1v) is 6.47. The first-order chi connectivity index (χ1) is 9.24. The van der Waals surface area contributed by atoms with E-state index in [1.165, 1.54) is 6.07 Å². The highest BCUT2D eigenvalue weighted by atomic mass is 19.1. The van der Waals surface area contributed by atoms with E-state index in [2.05, 4.69) is 5.32 Å². The van der Waals surface area contributed by atoms with Crippen LogP contribution in [0.4, 0.5) is 8.78 Å². The van der Waals surface area contributed by atoms with Crippen LogP contribution < -0.4 is 5.32 Å². The molecule has 1 aliphatic rings. The van der Waals surface area contributed by atoms with Crippen LogP contribution in [0, 0.1) is 11.6 Å². The maximum atomic E-state index is 13.5. The Bertz CT molecular complexity index is 579. The van der Waals surface area contributed by atoms with Gasteiger partial charge in [0.1, 0.15) is 17.4 Å². The fourth-order valence-corrected chi connectivity index (χ4v) is 2.61. The standard InChI is InChI=1S/C15H15F2NO/c16-11-4-5-13(17)10(8-11)9-18-14-2-1-3-15-12(14)6-7-19-15/h4-8,14,18H,1-3,9H2. The van der Waals surface area contributed by atoms with Crippen molar-refractivity contribution in [2.45, 2.75) is 31.8 Å². The summed E-state index contributed by atoms with van der Waals surface area (Å²) < 4.78 is 32.0. The Balaban J connectivity index is 1.72. The molecule has 0 fully saturated rings. The van der Waals surface area contributed by atoms with E-state index in [-0.39, 0.29) is 11.9 Å². The lowest BCUT2D eigenvalue weighted by molar-refractivity contribution is 0.408. The summed E-state index contributed by atoms with van der Waals surface area (Å²) in [5.41, 5.74) is 1.50. The second-order valence-corrected chi connectivity index (χ2v) is 4.86. The Morgan fingerprint density at radius 2 is 2.16 bits per heavy atom. The lowest BCUT2D eigenvalue weighted by atomic mass is 9.93. The van der Waals surface area contributed by atoms with Gasteiger partial charge in [0.05, 0.1) is 6.26 Å². The van der Waals surface area contributed by atoms with Crippen molar-refractivity contribution in [1.29, 1.82) is 0 Å². The van der Waals surface area contributed by atoms with Crippen molar-refractivity contribution in [1.82, 2.24) is 5.32 Å². The molecule has 0 saturated carbocycles. The van der Waals surface area contributed by atoms with Crippen LogP contribution >= 0.6 is 0 Å². The fourth-order valence-electron chi connectivity index (χ4n) is 2.61. The SMILES string of the molecule is Fc1ccc(F)c(CNC2CCCc3occc32)c1. The molecule has 1 heterocycles. The zero-order valence-corrected chi connectivity index (χ0v) is 10.5. The van der Waals surface area contributed by atoms with Gasteiger partial charge in [-0.15, -0.1) is 0 Å². The lowest BCUT2D eigenvalue weighted by Gasteiger charge is -2.23. The zero-order valence-electron chi connectivity index (χ0n) is 10.5. The first-order valence-electron chi connectivity index (χ1n) is 6.47. The lowest BCUT2D eigenvalue weighted by Crippen LogP contribution is -2.24. The molecule has 1 atom stereocenters. The van der Waals surface area contributed by atoms with Crippen molar-refractivity contribution in [2.24, 2.45) is 0 Å². The predicted octanol–water partition coefficient (Wildman–Crippen LogP) is 3.73. The van der Waals surface area contributed by atoms with Crippen molar-refractivity contribution in [3.8, 4) is 0 Å². The summed E-state index contributed by atoms with van der Waals surface area (Å²) in [7, 11) is 0. The summed E-state index contributed by atoms with van der Waals surface area (Å²) in [5.74, 6) is 0.214. The number of nitrogens with one attached hydrogen (secondary N) is 1. The van der Waals surface area contributed by atoms with E-state index < -0.39 is 5.82 Å². The molecule has 0 radical (unpaired) electrons. The van der Waals surface area contributed by atoms with Crippen LogP contribution in [0.1, 0.15) is 35.8 Å². The molecule has 3 rings (SSSR count). The average Bonchev–Trinajstić information content (AvgIpc) is 2.88. The maximum absolute atomic E-state index is 13.5. The van der Waals surface area contributed by atoms with Crippen molar-refractivity contribution in [3.05, 3.63) is 59.1 Å². The van der Waals surface area contributed by atoms with Gasteiger partial charge in [-0.3, -0.25) is 0 Å². The Kier molecular flexibility index (Phi) is 3.34. The molecule has 100 valence electrons. The van der Waals surface area contributed by atoms with E-state index in [9.17, 15) is 8.78 Å². The molecule has 0 amide bonds. The van der Waals surface area contributed by atoms with Crippen LogP contribution in [0.2, 0.25) is 0 Å². The molecule has 19 heavy (non-hydrogen) atoms. The minimum Gasteiger partial charge on any atom is -0.469 e. The summed E-state index contributed by atoms with van der Waals surface area (Å²) in [6.45, 7) is 0.318. The Morgan fingerprint density at radius 3 is 3.05 bits per heavy atom. The third kappa shape index (κ3) is 2.54. The maximum Gasteiger partial charge on any atom is 0.127 e.